The Morgan fingerprint density at radius 1 is 1.14 bits per heavy atom. The molecular formula is C26H28F2N4O5. The molecule has 3 unspecified atom stereocenters. The summed E-state index contributed by atoms with van der Waals surface area (Å²) in [4.78, 5) is 28.6. The summed E-state index contributed by atoms with van der Waals surface area (Å²) in [6.45, 7) is 0.584. The summed E-state index contributed by atoms with van der Waals surface area (Å²) >= 11 is 0. The van der Waals surface area contributed by atoms with E-state index in [1.807, 2.05) is 0 Å². The molecule has 9 nitrogen and oxygen atoms in total. The van der Waals surface area contributed by atoms with Crippen LogP contribution in [0.4, 0.5) is 8.78 Å². The van der Waals surface area contributed by atoms with Gasteiger partial charge in [0.05, 0.1) is 12.8 Å². The Morgan fingerprint density at radius 3 is 2.57 bits per heavy atom. The van der Waals surface area contributed by atoms with Gasteiger partial charge in [-0.1, -0.05) is 6.07 Å². The summed E-state index contributed by atoms with van der Waals surface area (Å²) in [6, 6.07) is 11.8. The number of esters is 1. The third-order valence-corrected chi connectivity index (χ3v) is 6.24. The second-order valence-electron chi connectivity index (χ2n) is 8.73. The van der Waals surface area contributed by atoms with Crippen molar-refractivity contribution in [2.45, 2.75) is 50.7 Å². The molecule has 4 rings (SSSR count). The Hall–Kier alpha value is -4.02. The molecule has 1 fully saturated rings. The normalized spacial score (nSPS) is 19.3. The van der Waals surface area contributed by atoms with Crippen molar-refractivity contribution in [3.63, 3.8) is 0 Å². The second kappa shape index (κ2) is 11.8. The molecule has 1 aliphatic carbocycles. The number of benzene rings is 2. The van der Waals surface area contributed by atoms with Crippen LogP contribution in [0, 0.1) is 0 Å². The van der Waals surface area contributed by atoms with E-state index in [1.165, 1.54) is 20.4 Å². The lowest BCUT2D eigenvalue weighted by molar-refractivity contribution is -0.148. The van der Waals surface area contributed by atoms with Crippen LogP contribution in [0.2, 0.25) is 0 Å². The largest absolute Gasteiger partial charge is 0.493 e. The summed E-state index contributed by atoms with van der Waals surface area (Å²) < 4.78 is 43.2. The van der Waals surface area contributed by atoms with Crippen LogP contribution in [0.1, 0.15) is 48.0 Å². The first-order valence-electron chi connectivity index (χ1n) is 11.9. The minimum Gasteiger partial charge on any atom is -0.493 e. The van der Waals surface area contributed by atoms with Gasteiger partial charge in [0.25, 0.3) is 12.3 Å². The van der Waals surface area contributed by atoms with Gasteiger partial charge in [0, 0.05) is 24.4 Å². The van der Waals surface area contributed by atoms with Crippen molar-refractivity contribution < 1.29 is 32.6 Å². The van der Waals surface area contributed by atoms with E-state index in [1.54, 1.807) is 53.5 Å². The van der Waals surface area contributed by atoms with Gasteiger partial charge in [-0.2, -0.15) is 5.10 Å². The average Bonchev–Trinajstić information content (AvgIpc) is 3.43. The number of carbonyl (C=O) groups excluding carboxylic acids is 2. The molecule has 0 bridgehead atoms. The molecule has 1 N–H and O–H groups in total. The van der Waals surface area contributed by atoms with Gasteiger partial charge < -0.3 is 19.5 Å². The van der Waals surface area contributed by atoms with E-state index in [0.29, 0.717) is 30.6 Å². The Labute approximate surface area is 212 Å². The molecule has 0 aliphatic heterocycles. The standard InChI is InChI=1S/C26H28F2N4O5/c1-16(33)37-20-8-9-22(31-26(34)17-3-6-19(7-4-17)32-15-29-14-30-32)21(12-20)18-5-10-23(35-2)24(11-18)36-13-25(27)28/h3-7,10-11,14-15,20-22,25H,8-9,12-13H2,1-2H3,(H,31,34). The maximum atomic E-state index is 13.1. The number of amides is 1. The monoisotopic (exact) mass is 514 g/mol. The minimum absolute atomic E-state index is 0.184. The topological polar surface area (TPSA) is 105 Å². The Balaban J connectivity index is 1.55. The van der Waals surface area contributed by atoms with Crippen LogP contribution >= 0.6 is 0 Å². The Bertz CT molecular complexity index is 1200. The molecule has 0 saturated heterocycles. The van der Waals surface area contributed by atoms with E-state index in [0.717, 1.165) is 11.3 Å². The SMILES string of the molecule is COc1ccc(C2CC(OC(C)=O)CCC2NC(=O)c2ccc(-n3cncn3)cc2)cc1OCC(F)F. The van der Waals surface area contributed by atoms with Gasteiger partial charge in [-0.05, 0) is 61.2 Å². The average molecular weight is 515 g/mol. The van der Waals surface area contributed by atoms with Gasteiger partial charge in [-0.25, -0.2) is 18.4 Å². The van der Waals surface area contributed by atoms with Crippen LogP contribution in [0.5, 0.6) is 11.5 Å². The van der Waals surface area contributed by atoms with Gasteiger partial charge in [0.1, 0.15) is 25.4 Å². The molecule has 3 atom stereocenters. The lowest BCUT2D eigenvalue weighted by atomic mass is 9.78. The number of nitrogens with zero attached hydrogens (tertiary/aromatic N) is 3. The van der Waals surface area contributed by atoms with Crippen molar-refractivity contribution in [1.29, 1.82) is 0 Å². The summed E-state index contributed by atoms with van der Waals surface area (Å²) in [5.41, 5.74) is 2.00. The molecule has 0 radical (unpaired) electrons. The van der Waals surface area contributed by atoms with Crippen molar-refractivity contribution in [3.8, 4) is 17.2 Å². The van der Waals surface area contributed by atoms with Crippen LogP contribution in [-0.4, -0.2) is 58.9 Å². The number of carbonyl (C=O) groups is 2. The van der Waals surface area contributed by atoms with E-state index in [-0.39, 0.29) is 35.7 Å². The highest BCUT2D eigenvalue weighted by Gasteiger charge is 2.34. The number of halogens is 2. The zero-order valence-corrected chi connectivity index (χ0v) is 20.5. The molecule has 2 aromatic carbocycles. The van der Waals surface area contributed by atoms with Crippen LogP contribution in [-0.2, 0) is 9.53 Å². The maximum absolute atomic E-state index is 13.1. The quantitative estimate of drug-likeness (QED) is 0.432. The van der Waals surface area contributed by atoms with Crippen molar-refractivity contribution in [2.24, 2.45) is 0 Å². The van der Waals surface area contributed by atoms with Crippen molar-refractivity contribution >= 4 is 11.9 Å². The molecular weight excluding hydrogens is 486 g/mol. The summed E-state index contributed by atoms with van der Waals surface area (Å²) in [5.74, 6) is -0.382. The van der Waals surface area contributed by atoms with Crippen molar-refractivity contribution in [3.05, 3.63) is 66.2 Å². The highest BCUT2D eigenvalue weighted by Crippen LogP contribution is 2.39. The first-order valence-corrected chi connectivity index (χ1v) is 11.9. The van der Waals surface area contributed by atoms with Gasteiger partial charge in [-0.3, -0.25) is 9.59 Å². The zero-order chi connectivity index (χ0) is 26.4. The number of alkyl halides is 2. The van der Waals surface area contributed by atoms with Crippen LogP contribution in [0.15, 0.2) is 55.1 Å². The van der Waals surface area contributed by atoms with Crippen LogP contribution in [0.25, 0.3) is 5.69 Å². The van der Waals surface area contributed by atoms with Crippen LogP contribution in [0.3, 0.4) is 0 Å². The predicted molar refractivity (Wildman–Crippen MR) is 129 cm³/mol. The number of ether oxygens (including phenoxy) is 3. The first kappa shape index (κ1) is 26.1. The van der Waals surface area contributed by atoms with E-state index in [4.69, 9.17) is 14.2 Å². The maximum Gasteiger partial charge on any atom is 0.302 e. The predicted octanol–water partition coefficient (Wildman–Crippen LogP) is 3.92. The number of nitrogens with one attached hydrogen (secondary N) is 1. The van der Waals surface area contributed by atoms with E-state index in [9.17, 15) is 18.4 Å². The highest BCUT2D eigenvalue weighted by atomic mass is 19.3. The number of methoxy groups -OCH3 is 1. The summed E-state index contributed by atoms with van der Waals surface area (Å²) in [6.07, 6.45) is 1.62. The molecule has 3 aromatic rings. The van der Waals surface area contributed by atoms with E-state index < -0.39 is 13.0 Å². The number of hydrogen-bond acceptors (Lipinski definition) is 7. The molecule has 37 heavy (non-hydrogen) atoms. The second-order valence-corrected chi connectivity index (χ2v) is 8.73. The first-order chi connectivity index (χ1) is 17.8. The molecule has 1 saturated carbocycles. The molecule has 11 heteroatoms. The lowest BCUT2D eigenvalue weighted by Crippen LogP contribution is -2.44. The number of rotatable bonds is 9. The fourth-order valence-electron chi connectivity index (χ4n) is 4.56. The van der Waals surface area contributed by atoms with Gasteiger partial charge >= 0.3 is 5.97 Å². The lowest BCUT2D eigenvalue weighted by Gasteiger charge is -2.36. The molecule has 1 amide bonds. The molecule has 196 valence electrons. The van der Waals surface area contributed by atoms with Gasteiger partial charge in [0.2, 0.25) is 0 Å². The number of hydrogen-bond donors (Lipinski definition) is 1. The van der Waals surface area contributed by atoms with Crippen LogP contribution < -0.4 is 14.8 Å². The Kier molecular flexibility index (Phi) is 8.32. The minimum atomic E-state index is -2.64. The zero-order valence-electron chi connectivity index (χ0n) is 20.5. The highest BCUT2D eigenvalue weighted by molar-refractivity contribution is 5.94. The molecule has 1 aliphatic rings. The summed E-state index contributed by atoms with van der Waals surface area (Å²) in [5, 5.41) is 7.18. The van der Waals surface area contributed by atoms with Crippen molar-refractivity contribution in [2.75, 3.05) is 13.7 Å². The molecule has 0 spiro atoms. The number of aromatic nitrogens is 3. The summed E-state index contributed by atoms with van der Waals surface area (Å²) in [7, 11) is 1.43. The van der Waals surface area contributed by atoms with Gasteiger partial charge in [-0.15, -0.1) is 0 Å². The van der Waals surface area contributed by atoms with Gasteiger partial charge in [0.15, 0.2) is 11.5 Å². The van der Waals surface area contributed by atoms with E-state index >= 15 is 0 Å². The Morgan fingerprint density at radius 2 is 1.92 bits per heavy atom. The molecule has 1 heterocycles. The fourth-order valence-corrected chi connectivity index (χ4v) is 4.56. The van der Waals surface area contributed by atoms with Crippen molar-refractivity contribution in [1.82, 2.24) is 20.1 Å². The van der Waals surface area contributed by atoms with E-state index in [2.05, 4.69) is 15.4 Å². The third kappa shape index (κ3) is 6.60. The third-order valence-electron chi connectivity index (χ3n) is 6.24. The fraction of sp³-hybridized carbons (Fsp3) is 0.385. The molecule has 1 aromatic heterocycles. The smallest absolute Gasteiger partial charge is 0.302 e.